The van der Waals surface area contributed by atoms with E-state index in [1.54, 1.807) is 6.08 Å². The van der Waals surface area contributed by atoms with Crippen LogP contribution in [0.5, 0.6) is 0 Å². The van der Waals surface area contributed by atoms with Crippen molar-refractivity contribution in [1.82, 2.24) is 0 Å². The number of benzene rings is 1. The molecule has 3 rings (SSSR count). The second-order valence-electron chi connectivity index (χ2n) is 4.25. The SMILES string of the molecule is O=C=NC1CC12CCc1ccccc12. The third kappa shape index (κ3) is 0.865. The Hall–Kier alpha value is -1.40. The molecule has 0 radical (unpaired) electrons. The second-order valence-corrected chi connectivity index (χ2v) is 4.25. The van der Waals surface area contributed by atoms with Crippen LogP contribution in [0.2, 0.25) is 0 Å². The number of hydrogen-bond donors (Lipinski definition) is 0. The second kappa shape index (κ2) is 2.55. The first kappa shape index (κ1) is 7.95. The van der Waals surface area contributed by atoms with Gasteiger partial charge >= 0.3 is 0 Å². The van der Waals surface area contributed by atoms with E-state index in [1.165, 1.54) is 11.1 Å². The molecule has 0 saturated heterocycles. The lowest BCUT2D eigenvalue weighted by Crippen LogP contribution is -2.06. The van der Waals surface area contributed by atoms with E-state index in [0.29, 0.717) is 0 Å². The van der Waals surface area contributed by atoms with Gasteiger partial charge in [0, 0.05) is 5.41 Å². The fourth-order valence-corrected chi connectivity index (χ4v) is 2.79. The molecule has 1 spiro atoms. The van der Waals surface area contributed by atoms with Crippen molar-refractivity contribution in [2.75, 3.05) is 0 Å². The van der Waals surface area contributed by atoms with Gasteiger partial charge in [-0.05, 0) is 30.4 Å². The maximum absolute atomic E-state index is 10.2. The Balaban J connectivity index is 2.04. The van der Waals surface area contributed by atoms with E-state index in [4.69, 9.17) is 0 Å². The maximum Gasteiger partial charge on any atom is 0.235 e. The van der Waals surface area contributed by atoms with Crippen molar-refractivity contribution in [3.8, 4) is 0 Å². The molecule has 14 heavy (non-hydrogen) atoms. The number of nitrogens with zero attached hydrogens (tertiary/aromatic N) is 1. The fourth-order valence-electron chi connectivity index (χ4n) is 2.79. The van der Waals surface area contributed by atoms with Gasteiger partial charge in [-0.15, -0.1) is 0 Å². The van der Waals surface area contributed by atoms with Crippen molar-refractivity contribution in [2.45, 2.75) is 30.7 Å². The summed E-state index contributed by atoms with van der Waals surface area (Å²) in [5, 5.41) is 0. The molecule has 2 heteroatoms. The molecule has 2 nitrogen and oxygen atoms in total. The molecule has 70 valence electrons. The fraction of sp³-hybridized carbons (Fsp3) is 0.417. The normalized spacial score (nSPS) is 32.4. The first-order chi connectivity index (χ1) is 6.87. The Labute approximate surface area is 82.7 Å². The van der Waals surface area contributed by atoms with Crippen LogP contribution in [0.1, 0.15) is 24.0 Å². The van der Waals surface area contributed by atoms with E-state index in [2.05, 4.69) is 29.3 Å². The molecule has 2 unspecified atom stereocenters. The summed E-state index contributed by atoms with van der Waals surface area (Å²) in [4.78, 5) is 14.1. The summed E-state index contributed by atoms with van der Waals surface area (Å²) in [6, 6.07) is 8.74. The van der Waals surface area contributed by atoms with Gasteiger partial charge in [-0.3, -0.25) is 0 Å². The molecule has 0 amide bonds. The zero-order chi connectivity index (χ0) is 9.60. The van der Waals surface area contributed by atoms with Gasteiger partial charge in [0.05, 0.1) is 6.04 Å². The molecular weight excluding hydrogens is 174 g/mol. The van der Waals surface area contributed by atoms with Crippen molar-refractivity contribution in [3.05, 3.63) is 35.4 Å². The van der Waals surface area contributed by atoms with E-state index in [1.807, 2.05) is 0 Å². The largest absolute Gasteiger partial charge is 0.235 e. The Morgan fingerprint density at radius 3 is 3.14 bits per heavy atom. The van der Waals surface area contributed by atoms with Crippen LogP contribution in [-0.4, -0.2) is 12.1 Å². The molecule has 0 heterocycles. The number of fused-ring (bicyclic) bond motifs is 2. The number of isocyanates is 1. The molecule has 1 fully saturated rings. The van der Waals surface area contributed by atoms with Gasteiger partial charge in [0.25, 0.3) is 0 Å². The predicted molar refractivity (Wildman–Crippen MR) is 53.0 cm³/mol. The van der Waals surface area contributed by atoms with Gasteiger partial charge in [0.2, 0.25) is 6.08 Å². The quantitative estimate of drug-likeness (QED) is 0.486. The lowest BCUT2D eigenvalue weighted by molar-refractivity contribution is 0.559. The van der Waals surface area contributed by atoms with Crippen molar-refractivity contribution in [1.29, 1.82) is 0 Å². The Bertz CT molecular complexity index is 434. The van der Waals surface area contributed by atoms with Gasteiger partial charge in [-0.2, -0.15) is 0 Å². The third-order valence-corrected chi connectivity index (χ3v) is 3.64. The number of aliphatic imine (C=N–C) groups is 1. The van der Waals surface area contributed by atoms with E-state index >= 15 is 0 Å². The average molecular weight is 185 g/mol. The van der Waals surface area contributed by atoms with Crippen molar-refractivity contribution >= 4 is 6.08 Å². The van der Waals surface area contributed by atoms with Crippen LogP contribution in [0.4, 0.5) is 0 Å². The lowest BCUT2D eigenvalue weighted by atomic mass is 9.98. The van der Waals surface area contributed by atoms with E-state index in [0.717, 1.165) is 19.3 Å². The predicted octanol–water partition coefficient (Wildman–Crippen LogP) is 1.98. The zero-order valence-corrected chi connectivity index (χ0v) is 7.86. The van der Waals surface area contributed by atoms with E-state index in [-0.39, 0.29) is 11.5 Å². The summed E-state index contributed by atoms with van der Waals surface area (Å²) < 4.78 is 0. The highest BCUT2D eigenvalue weighted by Gasteiger charge is 2.58. The van der Waals surface area contributed by atoms with Crippen LogP contribution in [0.15, 0.2) is 29.3 Å². The van der Waals surface area contributed by atoms with E-state index in [9.17, 15) is 4.79 Å². The summed E-state index contributed by atoms with van der Waals surface area (Å²) in [6.45, 7) is 0. The lowest BCUT2D eigenvalue weighted by Gasteiger charge is -2.07. The number of hydrogen-bond acceptors (Lipinski definition) is 2. The number of carbonyl (C=O) groups excluding carboxylic acids is 1. The molecule has 2 aliphatic rings. The first-order valence-electron chi connectivity index (χ1n) is 5.02. The molecule has 0 N–H and O–H groups in total. The molecule has 1 aromatic rings. The van der Waals surface area contributed by atoms with Gasteiger partial charge in [-0.25, -0.2) is 9.79 Å². The number of rotatable bonds is 1. The Morgan fingerprint density at radius 1 is 1.43 bits per heavy atom. The van der Waals surface area contributed by atoms with E-state index < -0.39 is 0 Å². The molecule has 0 bridgehead atoms. The molecule has 0 aromatic heterocycles. The highest BCUT2D eigenvalue weighted by atomic mass is 16.1. The van der Waals surface area contributed by atoms with Crippen molar-refractivity contribution in [2.24, 2.45) is 4.99 Å². The highest BCUT2D eigenvalue weighted by molar-refractivity contribution is 5.49. The molecule has 2 atom stereocenters. The third-order valence-electron chi connectivity index (χ3n) is 3.64. The Kier molecular flexibility index (Phi) is 1.45. The standard InChI is InChI=1S/C12H11NO/c14-8-13-11-7-12(11)6-5-9-3-1-2-4-10(9)12/h1-4,11H,5-7H2. The summed E-state index contributed by atoms with van der Waals surface area (Å²) in [6.07, 6.45) is 5.02. The minimum Gasteiger partial charge on any atom is -0.211 e. The molecular formula is C12H11NO. The molecule has 1 aromatic carbocycles. The summed E-state index contributed by atoms with van der Waals surface area (Å²) in [5.41, 5.74) is 3.08. The molecule has 2 aliphatic carbocycles. The maximum atomic E-state index is 10.2. The average Bonchev–Trinajstić information content (AvgIpc) is 2.77. The Morgan fingerprint density at radius 2 is 2.29 bits per heavy atom. The van der Waals surface area contributed by atoms with Gasteiger partial charge in [-0.1, -0.05) is 24.3 Å². The number of aryl methyl sites for hydroxylation is 1. The summed E-state index contributed by atoms with van der Waals surface area (Å²) >= 11 is 0. The van der Waals surface area contributed by atoms with Crippen LogP contribution >= 0.6 is 0 Å². The van der Waals surface area contributed by atoms with Crippen LogP contribution in [-0.2, 0) is 16.6 Å². The monoisotopic (exact) mass is 185 g/mol. The topological polar surface area (TPSA) is 29.4 Å². The minimum atomic E-state index is 0.212. The van der Waals surface area contributed by atoms with Gasteiger partial charge < -0.3 is 0 Å². The van der Waals surface area contributed by atoms with Crippen LogP contribution < -0.4 is 0 Å². The van der Waals surface area contributed by atoms with Crippen LogP contribution in [0.3, 0.4) is 0 Å². The molecule has 0 aliphatic heterocycles. The summed E-state index contributed by atoms with van der Waals surface area (Å²) in [5.74, 6) is 0. The van der Waals surface area contributed by atoms with Crippen LogP contribution in [0.25, 0.3) is 0 Å². The summed E-state index contributed by atoms with van der Waals surface area (Å²) in [7, 11) is 0. The van der Waals surface area contributed by atoms with Gasteiger partial charge in [0.15, 0.2) is 0 Å². The molecule has 1 saturated carbocycles. The van der Waals surface area contributed by atoms with Crippen molar-refractivity contribution in [3.63, 3.8) is 0 Å². The van der Waals surface area contributed by atoms with Crippen LogP contribution in [0, 0.1) is 0 Å². The van der Waals surface area contributed by atoms with Gasteiger partial charge in [0.1, 0.15) is 0 Å². The first-order valence-corrected chi connectivity index (χ1v) is 5.02. The van der Waals surface area contributed by atoms with Crippen molar-refractivity contribution < 1.29 is 4.79 Å². The minimum absolute atomic E-state index is 0.212. The smallest absolute Gasteiger partial charge is 0.211 e. The zero-order valence-electron chi connectivity index (χ0n) is 7.86. The highest BCUT2D eigenvalue weighted by Crippen LogP contribution is 2.58.